The number of amides is 1. The van der Waals surface area contributed by atoms with Gasteiger partial charge in [0.15, 0.2) is 0 Å². The quantitative estimate of drug-likeness (QED) is 0.941. The van der Waals surface area contributed by atoms with Crippen LogP contribution in [0.3, 0.4) is 0 Å². The minimum Gasteiger partial charge on any atom is -0.467 e. The first-order valence-corrected chi connectivity index (χ1v) is 7.56. The molecule has 0 unspecified atom stereocenters. The van der Waals surface area contributed by atoms with Gasteiger partial charge in [-0.15, -0.1) is 0 Å². The molecule has 1 aliphatic rings. The Kier molecular flexibility index (Phi) is 4.15. The summed E-state index contributed by atoms with van der Waals surface area (Å²) >= 11 is 0. The van der Waals surface area contributed by atoms with Gasteiger partial charge in [0.2, 0.25) is 0 Å². The average Bonchev–Trinajstić information content (AvgIpc) is 3.03. The molecule has 5 nitrogen and oxygen atoms in total. The van der Waals surface area contributed by atoms with Crippen molar-refractivity contribution in [3.05, 3.63) is 53.5 Å². The molecule has 0 radical (unpaired) electrons. The summed E-state index contributed by atoms with van der Waals surface area (Å²) in [5.41, 5.74) is 8.58. The summed E-state index contributed by atoms with van der Waals surface area (Å²) in [5.74, 6) is 0.661. The molecule has 1 fully saturated rings. The van der Waals surface area contributed by atoms with Gasteiger partial charge in [0.25, 0.3) is 5.91 Å². The molecule has 3 rings (SSSR count). The molecular formula is C17H21N3O2. The van der Waals surface area contributed by atoms with E-state index in [0.29, 0.717) is 17.9 Å². The highest BCUT2D eigenvalue weighted by Gasteiger charge is 2.23. The average molecular weight is 299 g/mol. The van der Waals surface area contributed by atoms with Crippen LogP contribution in [0.15, 0.2) is 41.0 Å². The van der Waals surface area contributed by atoms with E-state index in [-0.39, 0.29) is 5.91 Å². The highest BCUT2D eigenvalue weighted by Crippen LogP contribution is 2.19. The van der Waals surface area contributed by atoms with Gasteiger partial charge >= 0.3 is 0 Å². The molecular weight excluding hydrogens is 278 g/mol. The Morgan fingerprint density at radius 2 is 2.00 bits per heavy atom. The molecule has 0 atom stereocenters. The smallest absolute Gasteiger partial charge is 0.257 e. The number of carbonyl (C=O) groups is 1. The highest BCUT2D eigenvalue weighted by atomic mass is 16.3. The van der Waals surface area contributed by atoms with E-state index >= 15 is 0 Å². The van der Waals surface area contributed by atoms with Crippen molar-refractivity contribution >= 4 is 11.6 Å². The minimum atomic E-state index is 0.0207. The molecule has 0 aliphatic carbocycles. The molecule has 1 aliphatic heterocycles. The second kappa shape index (κ2) is 6.23. The second-order valence-electron chi connectivity index (χ2n) is 5.62. The maximum atomic E-state index is 12.4. The largest absolute Gasteiger partial charge is 0.467 e. The number of carbonyl (C=O) groups excluding carboxylic acids is 1. The SMILES string of the molecule is Cc1cccc(N2CCN(C(=O)c3coc(CN)c3)CC2)c1. The van der Waals surface area contributed by atoms with Gasteiger partial charge in [-0.05, 0) is 30.7 Å². The van der Waals surface area contributed by atoms with E-state index in [4.69, 9.17) is 10.2 Å². The molecule has 5 heteroatoms. The van der Waals surface area contributed by atoms with Gasteiger partial charge in [-0.3, -0.25) is 4.79 Å². The number of aryl methyl sites for hydroxylation is 1. The van der Waals surface area contributed by atoms with Gasteiger partial charge in [0, 0.05) is 31.9 Å². The van der Waals surface area contributed by atoms with Crippen molar-refractivity contribution in [3.8, 4) is 0 Å². The van der Waals surface area contributed by atoms with Crippen LogP contribution < -0.4 is 10.6 Å². The fraction of sp³-hybridized carbons (Fsp3) is 0.353. The van der Waals surface area contributed by atoms with E-state index in [1.807, 2.05) is 4.90 Å². The second-order valence-corrected chi connectivity index (χ2v) is 5.62. The monoisotopic (exact) mass is 299 g/mol. The van der Waals surface area contributed by atoms with E-state index < -0.39 is 0 Å². The molecule has 1 saturated heterocycles. The molecule has 0 saturated carbocycles. The van der Waals surface area contributed by atoms with Crippen LogP contribution in [-0.4, -0.2) is 37.0 Å². The Hall–Kier alpha value is -2.27. The Morgan fingerprint density at radius 1 is 1.23 bits per heavy atom. The molecule has 116 valence electrons. The van der Waals surface area contributed by atoms with E-state index in [1.54, 1.807) is 6.07 Å². The van der Waals surface area contributed by atoms with Crippen molar-refractivity contribution in [1.29, 1.82) is 0 Å². The van der Waals surface area contributed by atoms with Gasteiger partial charge in [0.1, 0.15) is 12.0 Å². The molecule has 1 aromatic heterocycles. The van der Waals surface area contributed by atoms with Gasteiger partial charge in [-0.2, -0.15) is 0 Å². The lowest BCUT2D eigenvalue weighted by atomic mass is 10.2. The number of nitrogens with two attached hydrogens (primary N) is 1. The van der Waals surface area contributed by atoms with Crippen molar-refractivity contribution < 1.29 is 9.21 Å². The lowest BCUT2D eigenvalue weighted by Crippen LogP contribution is -2.48. The summed E-state index contributed by atoms with van der Waals surface area (Å²) in [6, 6.07) is 10.2. The zero-order valence-corrected chi connectivity index (χ0v) is 12.8. The minimum absolute atomic E-state index is 0.0207. The molecule has 0 spiro atoms. The third-order valence-corrected chi connectivity index (χ3v) is 4.04. The molecule has 2 aromatic rings. The van der Waals surface area contributed by atoms with E-state index in [0.717, 1.165) is 26.2 Å². The first-order chi connectivity index (χ1) is 10.7. The lowest BCUT2D eigenvalue weighted by molar-refractivity contribution is 0.0746. The predicted molar refractivity (Wildman–Crippen MR) is 85.9 cm³/mol. The fourth-order valence-corrected chi connectivity index (χ4v) is 2.77. The number of nitrogens with zero attached hydrogens (tertiary/aromatic N) is 2. The van der Waals surface area contributed by atoms with Crippen LogP contribution in [0.4, 0.5) is 5.69 Å². The summed E-state index contributed by atoms with van der Waals surface area (Å²) < 4.78 is 5.25. The number of hydrogen-bond donors (Lipinski definition) is 1. The highest BCUT2D eigenvalue weighted by molar-refractivity contribution is 5.94. The molecule has 2 heterocycles. The number of piperazine rings is 1. The molecule has 0 bridgehead atoms. The van der Waals surface area contributed by atoms with Gasteiger partial charge in [-0.25, -0.2) is 0 Å². The standard InChI is InChI=1S/C17H21N3O2/c1-13-3-2-4-15(9-13)19-5-7-20(8-6-19)17(21)14-10-16(11-18)22-12-14/h2-4,9-10,12H,5-8,11,18H2,1H3. The van der Waals surface area contributed by atoms with Crippen molar-refractivity contribution in [2.45, 2.75) is 13.5 Å². The Bertz CT molecular complexity index is 657. The molecule has 22 heavy (non-hydrogen) atoms. The number of furan rings is 1. The molecule has 2 N–H and O–H groups in total. The van der Waals surface area contributed by atoms with Crippen LogP contribution in [0.25, 0.3) is 0 Å². The van der Waals surface area contributed by atoms with Crippen LogP contribution in [0, 0.1) is 6.92 Å². The lowest BCUT2D eigenvalue weighted by Gasteiger charge is -2.36. The van der Waals surface area contributed by atoms with Crippen LogP contribution >= 0.6 is 0 Å². The number of rotatable bonds is 3. The Labute approximate surface area is 130 Å². The number of anilines is 1. The predicted octanol–water partition coefficient (Wildman–Crippen LogP) is 2.01. The van der Waals surface area contributed by atoms with Gasteiger partial charge in [-0.1, -0.05) is 12.1 Å². The van der Waals surface area contributed by atoms with Crippen molar-refractivity contribution in [3.63, 3.8) is 0 Å². The summed E-state index contributed by atoms with van der Waals surface area (Å²) in [4.78, 5) is 16.6. The van der Waals surface area contributed by atoms with Crippen LogP contribution in [0.5, 0.6) is 0 Å². The van der Waals surface area contributed by atoms with Crippen LogP contribution in [0.2, 0.25) is 0 Å². The maximum absolute atomic E-state index is 12.4. The van der Waals surface area contributed by atoms with Crippen molar-refractivity contribution in [1.82, 2.24) is 4.90 Å². The third-order valence-electron chi connectivity index (χ3n) is 4.04. The first kappa shape index (κ1) is 14.7. The Balaban J connectivity index is 1.62. The zero-order chi connectivity index (χ0) is 15.5. The van der Waals surface area contributed by atoms with Gasteiger partial charge in [0.05, 0.1) is 12.1 Å². The van der Waals surface area contributed by atoms with Crippen LogP contribution in [-0.2, 0) is 6.54 Å². The van der Waals surface area contributed by atoms with Crippen molar-refractivity contribution in [2.75, 3.05) is 31.1 Å². The fourth-order valence-electron chi connectivity index (χ4n) is 2.77. The van der Waals surface area contributed by atoms with E-state index in [9.17, 15) is 4.79 Å². The topological polar surface area (TPSA) is 62.7 Å². The zero-order valence-electron chi connectivity index (χ0n) is 12.8. The van der Waals surface area contributed by atoms with Crippen molar-refractivity contribution in [2.24, 2.45) is 5.73 Å². The molecule has 1 aromatic carbocycles. The van der Waals surface area contributed by atoms with Gasteiger partial charge < -0.3 is 20.0 Å². The molecule has 1 amide bonds. The summed E-state index contributed by atoms with van der Waals surface area (Å²) in [5, 5.41) is 0. The maximum Gasteiger partial charge on any atom is 0.257 e. The third kappa shape index (κ3) is 2.99. The number of hydrogen-bond acceptors (Lipinski definition) is 4. The first-order valence-electron chi connectivity index (χ1n) is 7.56. The Morgan fingerprint density at radius 3 is 2.64 bits per heavy atom. The normalized spacial score (nSPS) is 15.2. The summed E-state index contributed by atoms with van der Waals surface area (Å²) in [6.45, 7) is 5.53. The van der Waals surface area contributed by atoms with E-state index in [1.165, 1.54) is 17.5 Å². The summed E-state index contributed by atoms with van der Waals surface area (Å²) in [7, 11) is 0. The summed E-state index contributed by atoms with van der Waals surface area (Å²) in [6.07, 6.45) is 1.50. The number of benzene rings is 1. The van der Waals surface area contributed by atoms with E-state index in [2.05, 4.69) is 36.1 Å². The van der Waals surface area contributed by atoms with Crippen LogP contribution in [0.1, 0.15) is 21.7 Å².